The van der Waals surface area contributed by atoms with Crippen molar-refractivity contribution in [2.45, 2.75) is 30.7 Å². The van der Waals surface area contributed by atoms with E-state index in [4.69, 9.17) is 9.47 Å². The summed E-state index contributed by atoms with van der Waals surface area (Å²) in [5, 5.41) is 18.3. The van der Waals surface area contributed by atoms with E-state index in [-0.39, 0.29) is 47.8 Å². The molecule has 2 N–H and O–H groups in total. The van der Waals surface area contributed by atoms with Crippen molar-refractivity contribution < 1.29 is 32.0 Å². The first-order chi connectivity index (χ1) is 17.6. The third-order valence-corrected chi connectivity index (χ3v) is 7.00. The average Bonchev–Trinajstić information content (AvgIpc) is 3.60. The quantitative estimate of drug-likeness (QED) is 0.217. The molecule has 1 saturated carbocycles. The van der Waals surface area contributed by atoms with Crippen LogP contribution in [-0.2, 0) is 14.8 Å². The number of non-ortho nitro benzene ring substituents is 1. The normalized spacial score (nSPS) is 13.4. The number of carbonyl (C=O) groups is 1. The molecular formula is C23H24FN5O7S. The van der Waals surface area contributed by atoms with Crippen LogP contribution >= 0.6 is 0 Å². The molecule has 1 amide bonds. The highest BCUT2D eigenvalue weighted by Gasteiger charge is 2.32. The number of halogens is 1. The van der Waals surface area contributed by atoms with E-state index in [1.165, 1.54) is 32.2 Å². The predicted octanol–water partition coefficient (Wildman–Crippen LogP) is 2.84. The summed E-state index contributed by atoms with van der Waals surface area (Å²) in [7, 11) is -2.71. The number of nitro groups is 1. The number of methoxy groups -OCH3 is 1. The minimum absolute atomic E-state index is 0.0437. The number of sulfonamides is 1. The molecule has 0 bridgehead atoms. The zero-order valence-corrected chi connectivity index (χ0v) is 20.7. The van der Waals surface area contributed by atoms with Crippen molar-refractivity contribution in [2.75, 3.05) is 20.3 Å². The molecule has 1 aliphatic rings. The maximum atomic E-state index is 14.0. The standard InChI is InChI=1S/C23H24FN5O7S/c1-14-21(22(30)25-10-11-35-2)26-28(17-5-3-4-15(24)12-17)23(14)36-19-9-8-18(29(31)32)13-20(19)37(33,34)27-16-6-7-16/h3-5,8-9,12-13,16,27H,6-7,10-11H2,1-2H3,(H,25,30). The van der Waals surface area contributed by atoms with Crippen molar-refractivity contribution in [3.8, 4) is 17.3 Å². The minimum Gasteiger partial charge on any atom is -0.437 e. The van der Waals surface area contributed by atoms with Crippen molar-refractivity contribution in [3.63, 3.8) is 0 Å². The fraction of sp³-hybridized carbons (Fsp3) is 0.304. The van der Waals surface area contributed by atoms with E-state index in [0.29, 0.717) is 12.8 Å². The molecule has 2 aromatic carbocycles. The van der Waals surface area contributed by atoms with Crippen LogP contribution in [0.3, 0.4) is 0 Å². The van der Waals surface area contributed by atoms with Gasteiger partial charge in [-0.3, -0.25) is 14.9 Å². The van der Waals surface area contributed by atoms with Gasteiger partial charge in [0.1, 0.15) is 16.5 Å². The van der Waals surface area contributed by atoms with Crippen molar-refractivity contribution in [3.05, 3.63) is 69.7 Å². The lowest BCUT2D eigenvalue weighted by molar-refractivity contribution is -0.385. The van der Waals surface area contributed by atoms with Gasteiger partial charge >= 0.3 is 0 Å². The minimum atomic E-state index is -4.19. The van der Waals surface area contributed by atoms with Crippen LogP contribution in [0, 0.1) is 22.9 Å². The Balaban J connectivity index is 1.82. The first kappa shape index (κ1) is 26.2. The zero-order valence-electron chi connectivity index (χ0n) is 19.9. The number of hydrogen-bond acceptors (Lipinski definition) is 8. The molecule has 3 aromatic rings. The summed E-state index contributed by atoms with van der Waals surface area (Å²) in [5.74, 6) is -1.43. The molecule has 1 aliphatic carbocycles. The highest BCUT2D eigenvalue weighted by atomic mass is 32.2. The van der Waals surface area contributed by atoms with Crippen LogP contribution in [0.5, 0.6) is 11.6 Å². The van der Waals surface area contributed by atoms with Gasteiger partial charge in [-0.2, -0.15) is 9.78 Å². The van der Waals surface area contributed by atoms with Gasteiger partial charge in [0, 0.05) is 37.4 Å². The molecule has 0 aliphatic heterocycles. The summed E-state index contributed by atoms with van der Waals surface area (Å²) < 4.78 is 54.7. The van der Waals surface area contributed by atoms with Gasteiger partial charge in [0.2, 0.25) is 15.9 Å². The maximum absolute atomic E-state index is 14.0. The SMILES string of the molecule is COCCNC(=O)c1nn(-c2cccc(F)c2)c(Oc2ccc([N+](=O)[O-])cc2S(=O)(=O)NC2CC2)c1C. The summed E-state index contributed by atoms with van der Waals surface area (Å²) in [6, 6.07) is 8.23. The summed E-state index contributed by atoms with van der Waals surface area (Å²) in [5.41, 5.74) is -0.0534. The molecule has 0 spiro atoms. The van der Waals surface area contributed by atoms with Crippen molar-refractivity contribution in [1.29, 1.82) is 0 Å². The molecule has 1 heterocycles. The maximum Gasteiger partial charge on any atom is 0.272 e. The Kier molecular flexibility index (Phi) is 7.52. The van der Waals surface area contributed by atoms with Crippen molar-refractivity contribution >= 4 is 21.6 Å². The molecule has 0 radical (unpaired) electrons. The fourth-order valence-electron chi connectivity index (χ4n) is 3.44. The van der Waals surface area contributed by atoms with Gasteiger partial charge in [-0.05, 0) is 44.0 Å². The topological polar surface area (TPSA) is 155 Å². The molecule has 0 atom stereocenters. The van der Waals surface area contributed by atoms with E-state index in [2.05, 4.69) is 15.1 Å². The zero-order chi connectivity index (χ0) is 26.7. The Bertz CT molecular complexity index is 1450. The van der Waals surface area contributed by atoms with Crippen LogP contribution in [0.4, 0.5) is 10.1 Å². The number of benzene rings is 2. The number of rotatable bonds is 11. The van der Waals surface area contributed by atoms with E-state index in [0.717, 1.165) is 28.9 Å². The Morgan fingerprint density at radius 1 is 1.27 bits per heavy atom. The highest BCUT2D eigenvalue weighted by Crippen LogP contribution is 2.36. The summed E-state index contributed by atoms with van der Waals surface area (Å²) >= 11 is 0. The number of nitrogens with one attached hydrogen (secondary N) is 2. The van der Waals surface area contributed by atoms with E-state index in [1.54, 1.807) is 0 Å². The highest BCUT2D eigenvalue weighted by molar-refractivity contribution is 7.89. The van der Waals surface area contributed by atoms with Crippen LogP contribution < -0.4 is 14.8 Å². The Morgan fingerprint density at radius 3 is 2.68 bits per heavy atom. The monoisotopic (exact) mass is 533 g/mol. The Morgan fingerprint density at radius 2 is 2.03 bits per heavy atom. The van der Waals surface area contributed by atoms with Gasteiger partial charge in [0.25, 0.3) is 11.6 Å². The molecule has 14 heteroatoms. The molecule has 4 rings (SSSR count). The smallest absolute Gasteiger partial charge is 0.272 e. The first-order valence-electron chi connectivity index (χ1n) is 11.2. The van der Waals surface area contributed by atoms with E-state index in [9.17, 15) is 27.7 Å². The fourth-order valence-corrected chi connectivity index (χ4v) is 4.89. The van der Waals surface area contributed by atoms with Crippen molar-refractivity contribution in [2.24, 2.45) is 0 Å². The number of amides is 1. The number of nitro benzene ring substituents is 1. The lowest BCUT2D eigenvalue weighted by atomic mass is 10.2. The van der Waals surface area contributed by atoms with Gasteiger partial charge in [-0.1, -0.05) is 6.07 Å². The number of nitrogens with zero attached hydrogens (tertiary/aromatic N) is 3. The van der Waals surface area contributed by atoms with Crippen LogP contribution in [0.2, 0.25) is 0 Å². The number of hydrogen-bond donors (Lipinski definition) is 2. The number of aromatic nitrogens is 2. The van der Waals surface area contributed by atoms with Crippen molar-refractivity contribution in [1.82, 2.24) is 19.8 Å². The lowest BCUT2D eigenvalue weighted by Gasteiger charge is -2.14. The third kappa shape index (κ3) is 5.93. The van der Waals surface area contributed by atoms with Gasteiger partial charge in [-0.25, -0.2) is 17.5 Å². The molecule has 12 nitrogen and oxygen atoms in total. The second kappa shape index (κ2) is 10.6. The number of ether oxygens (including phenoxy) is 2. The molecule has 1 fully saturated rings. The third-order valence-electron chi connectivity index (χ3n) is 5.46. The largest absolute Gasteiger partial charge is 0.437 e. The van der Waals surface area contributed by atoms with E-state index >= 15 is 0 Å². The summed E-state index contributed by atoms with van der Waals surface area (Å²) in [6.45, 7) is 2.00. The lowest BCUT2D eigenvalue weighted by Crippen LogP contribution is -2.28. The van der Waals surface area contributed by atoms with E-state index in [1.807, 2.05) is 0 Å². The van der Waals surface area contributed by atoms with Gasteiger partial charge in [-0.15, -0.1) is 0 Å². The van der Waals surface area contributed by atoms with Crippen LogP contribution in [0.1, 0.15) is 28.9 Å². The summed E-state index contributed by atoms with van der Waals surface area (Å²) in [4.78, 5) is 22.9. The average molecular weight is 534 g/mol. The van der Waals surface area contributed by atoms with Gasteiger partial charge in [0.05, 0.1) is 17.2 Å². The van der Waals surface area contributed by atoms with Gasteiger partial charge in [0.15, 0.2) is 5.69 Å². The molecule has 0 unspecified atom stereocenters. The molecule has 1 aromatic heterocycles. The molecular weight excluding hydrogens is 509 g/mol. The van der Waals surface area contributed by atoms with Crippen LogP contribution in [-0.4, -0.2) is 55.3 Å². The second-order valence-electron chi connectivity index (χ2n) is 8.30. The second-order valence-corrected chi connectivity index (χ2v) is 9.99. The van der Waals surface area contributed by atoms with E-state index < -0.39 is 37.3 Å². The van der Waals surface area contributed by atoms with Crippen LogP contribution in [0.25, 0.3) is 5.69 Å². The molecule has 37 heavy (non-hydrogen) atoms. The first-order valence-corrected chi connectivity index (χ1v) is 12.7. The molecule has 196 valence electrons. The van der Waals surface area contributed by atoms with Gasteiger partial charge < -0.3 is 14.8 Å². The number of carbonyl (C=O) groups excluding carboxylic acids is 1. The van der Waals surface area contributed by atoms with Crippen LogP contribution in [0.15, 0.2) is 47.4 Å². The Hall–Kier alpha value is -3.88. The molecule has 0 saturated heterocycles. The summed E-state index contributed by atoms with van der Waals surface area (Å²) in [6.07, 6.45) is 1.30. The Labute approximate surface area is 211 Å². The predicted molar refractivity (Wildman–Crippen MR) is 129 cm³/mol.